The van der Waals surface area contributed by atoms with Crippen molar-refractivity contribution in [3.05, 3.63) is 48.0 Å². The van der Waals surface area contributed by atoms with E-state index in [2.05, 4.69) is 4.72 Å². The number of sulfonamides is 1. The van der Waals surface area contributed by atoms with Crippen molar-refractivity contribution in [1.29, 1.82) is 0 Å². The Hall–Kier alpha value is -2.25. The van der Waals surface area contributed by atoms with Crippen LogP contribution in [0.4, 0.5) is 0 Å². The fraction of sp³-hybridized carbons (Fsp3) is 0.200. The molecule has 1 N–H and O–H groups in total. The lowest BCUT2D eigenvalue weighted by Crippen LogP contribution is -2.23. The van der Waals surface area contributed by atoms with Gasteiger partial charge in [0.2, 0.25) is 16.8 Å². The first-order valence-corrected chi connectivity index (χ1v) is 8.09. The molecule has 0 unspecified atom stereocenters. The van der Waals surface area contributed by atoms with Gasteiger partial charge in [0.15, 0.2) is 11.5 Å². The minimum atomic E-state index is -3.63. The van der Waals surface area contributed by atoms with Crippen molar-refractivity contribution in [2.24, 2.45) is 0 Å². The molecule has 1 aliphatic rings. The van der Waals surface area contributed by atoms with Gasteiger partial charge in [-0.2, -0.15) is 0 Å². The second-order valence-corrected chi connectivity index (χ2v) is 6.46. The van der Waals surface area contributed by atoms with E-state index in [0.29, 0.717) is 17.2 Å². The predicted octanol–water partition coefficient (Wildman–Crippen LogP) is 1.90. The van der Waals surface area contributed by atoms with Crippen LogP contribution in [-0.4, -0.2) is 22.3 Å². The topological polar surface area (TPSA) is 73.9 Å². The van der Waals surface area contributed by atoms with E-state index < -0.39 is 10.0 Å². The average molecular weight is 321 g/mol. The van der Waals surface area contributed by atoms with Crippen molar-refractivity contribution in [3.63, 3.8) is 0 Å². The first kappa shape index (κ1) is 14.7. The van der Waals surface area contributed by atoms with Crippen molar-refractivity contribution < 1.29 is 22.6 Å². The summed E-state index contributed by atoms with van der Waals surface area (Å²) < 4.78 is 42.7. The van der Waals surface area contributed by atoms with Crippen molar-refractivity contribution in [2.45, 2.75) is 11.4 Å². The van der Waals surface area contributed by atoms with Gasteiger partial charge in [0.05, 0.1) is 12.0 Å². The molecule has 7 heteroatoms. The number of hydrogen-bond acceptors (Lipinski definition) is 5. The zero-order chi connectivity index (χ0) is 15.6. The molecule has 0 saturated carbocycles. The molecule has 116 valence electrons. The quantitative estimate of drug-likeness (QED) is 0.910. The highest BCUT2D eigenvalue weighted by molar-refractivity contribution is 7.89. The third kappa shape index (κ3) is 3.00. The van der Waals surface area contributed by atoms with Crippen molar-refractivity contribution in [2.75, 3.05) is 13.9 Å². The maximum atomic E-state index is 12.3. The van der Waals surface area contributed by atoms with Gasteiger partial charge in [0.1, 0.15) is 5.75 Å². The number of rotatable bonds is 5. The highest BCUT2D eigenvalue weighted by Crippen LogP contribution is 2.33. The van der Waals surface area contributed by atoms with Crippen LogP contribution in [0.5, 0.6) is 17.2 Å². The zero-order valence-corrected chi connectivity index (χ0v) is 12.7. The van der Waals surface area contributed by atoms with E-state index in [1.54, 1.807) is 25.3 Å². The van der Waals surface area contributed by atoms with E-state index >= 15 is 0 Å². The summed E-state index contributed by atoms with van der Waals surface area (Å²) in [5, 5.41) is 0. The molecule has 3 rings (SSSR count). The van der Waals surface area contributed by atoms with Gasteiger partial charge in [-0.1, -0.05) is 12.1 Å². The van der Waals surface area contributed by atoms with Gasteiger partial charge >= 0.3 is 0 Å². The Balaban J connectivity index is 1.76. The van der Waals surface area contributed by atoms with Gasteiger partial charge in [-0.05, 0) is 29.8 Å². The molecule has 0 aromatic heterocycles. The Bertz CT molecular complexity index is 788. The monoisotopic (exact) mass is 321 g/mol. The van der Waals surface area contributed by atoms with E-state index in [4.69, 9.17) is 14.2 Å². The molecule has 0 spiro atoms. The van der Waals surface area contributed by atoms with Crippen LogP contribution in [-0.2, 0) is 16.6 Å². The number of hydrogen-bond donors (Lipinski definition) is 1. The molecule has 0 atom stereocenters. The van der Waals surface area contributed by atoms with Crippen molar-refractivity contribution in [1.82, 2.24) is 4.72 Å². The second-order valence-electron chi connectivity index (χ2n) is 4.69. The van der Waals surface area contributed by atoms with Crippen LogP contribution in [0.25, 0.3) is 0 Å². The molecule has 22 heavy (non-hydrogen) atoms. The summed E-state index contributed by atoms with van der Waals surface area (Å²) >= 11 is 0. The molecule has 1 aliphatic heterocycles. The van der Waals surface area contributed by atoms with Crippen LogP contribution in [0.3, 0.4) is 0 Å². The third-order valence-electron chi connectivity index (χ3n) is 3.25. The number of ether oxygens (including phenoxy) is 3. The molecule has 6 nitrogen and oxygen atoms in total. The lowest BCUT2D eigenvalue weighted by Gasteiger charge is -2.08. The van der Waals surface area contributed by atoms with E-state index in [9.17, 15) is 8.42 Å². The number of benzene rings is 2. The molecule has 1 heterocycles. The summed E-state index contributed by atoms with van der Waals surface area (Å²) in [4.78, 5) is 0.139. The molecule has 2 aromatic rings. The van der Waals surface area contributed by atoms with Gasteiger partial charge in [-0.3, -0.25) is 0 Å². The van der Waals surface area contributed by atoms with E-state index in [1.165, 1.54) is 12.1 Å². The lowest BCUT2D eigenvalue weighted by molar-refractivity contribution is 0.174. The van der Waals surface area contributed by atoms with Gasteiger partial charge in [0.25, 0.3) is 0 Å². The van der Waals surface area contributed by atoms with E-state index in [1.807, 2.05) is 12.1 Å². The SMILES string of the molecule is COc1cccc(CNS(=O)(=O)c2ccc3c(c2)OCO3)c1. The summed E-state index contributed by atoms with van der Waals surface area (Å²) in [6.07, 6.45) is 0. The van der Waals surface area contributed by atoms with Crippen LogP contribution in [0.1, 0.15) is 5.56 Å². The number of methoxy groups -OCH3 is 1. The Morgan fingerprint density at radius 1 is 1.14 bits per heavy atom. The van der Waals surface area contributed by atoms with Crippen LogP contribution in [0, 0.1) is 0 Å². The Morgan fingerprint density at radius 2 is 1.95 bits per heavy atom. The highest BCUT2D eigenvalue weighted by Gasteiger charge is 2.20. The molecule has 0 aliphatic carbocycles. The highest BCUT2D eigenvalue weighted by atomic mass is 32.2. The standard InChI is InChI=1S/C15H15NO5S/c1-19-12-4-2-3-11(7-12)9-16-22(17,18)13-5-6-14-15(8-13)21-10-20-14/h2-8,16H,9-10H2,1H3. The summed E-state index contributed by atoms with van der Waals surface area (Å²) in [7, 11) is -2.06. The van der Waals surface area contributed by atoms with Crippen molar-refractivity contribution >= 4 is 10.0 Å². The lowest BCUT2D eigenvalue weighted by atomic mass is 10.2. The predicted molar refractivity (Wildman–Crippen MR) is 79.6 cm³/mol. The molecule has 0 bridgehead atoms. The fourth-order valence-corrected chi connectivity index (χ4v) is 3.12. The Kier molecular flexibility index (Phi) is 3.91. The van der Waals surface area contributed by atoms with E-state index in [0.717, 1.165) is 5.56 Å². The Labute approximate surface area is 128 Å². The molecule has 0 amide bonds. The summed E-state index contributed by atoms with van der Waals surface area (Å²) in [6.45, 7) is 0.282. The molecule has 2 aromatic carbocycles. The molecule has 0 saturated heterocycles. The third-order valence-corrected chi connectivity index (χ3v) is 4.65. The number of nitrogens with one attached hydrogen (secondary N) is 1. The van der Waals surface area contributed by atoms with Gasteiger partial charge in [0, 0.05) is 12.6 Å². The summed E-state index contributed by atoms with van der Waals surface area (Å²) in [5.41, 5.74) is 0.809. The maximum absolute atomic E-state index is 12.3. The summed E-state index contributed by atoms with van der Waals surface area (Å²) in [5.74, 6) is 1.66. The molecular formula is C15H15NO5S. The van der Waals surface area contributed by atoms with Crippen molar-refractivity contribution in [3.8, 4) is 17.2 Å². The van der Waals surface area contributed by atoms with Crippen LogP contribution >= 0.6 is 0 Å². The average Bonchev–Trinajstić information content (AvgIpc) is 3.01. The van der Waals surface area contributed by atoms with Gasteiger partial charge < -0.3 is 14.2 Å². The minimum Gasteiger partial charge on any atom is -0.497 e. The molecular weight excluding hydrogens is 306 g/mol. The number of fused-ring (bicyclic) bond motifs is 1. The van der Waals surface area contributed by atoms with Crippen LogP contribution in [0.15, 0.2) is 47.4 Å². The minimum absolute atomic E-state index is 0.107. The summed E-state index contributed by atoms with van der Waals surface area (Å²) in [6, 6.07) is 11.7. The largest absolute Gasteiger partial charge is 0.497 e. The fourth-order valence-electron chi connectivity index (χ4n) is 2.09. The molecule has 0 fully saturated rings. The zero-order valence-electron chi connectivity index (χ0n) is 11.9. The normalized spacial score (nSPS) is 13.1. The smallest absolute Gasteiger partial charge is 0.241 e. The second kappa shape index (κ2) is 5.86. The first-order valence-electron chi connectivity index (χ1n) is 6.61. The van der Waals surface area contributed by atoms with Gasteiger partial charge in [-0.15, -0.1) is 0 Å². The van der Waals surface area contributed by atoms with Crippen LogP contribution < -0.4 is 18.9 Å². The van der Waals surface area contributed by atoms with E-state index in [-0.39, 0.29) is 18.2 Å². The molecule has 0 radical (unpaired) electrons. The maximum Gasteiger partial charge on any atom is 0.241 e. The Morgan fingerprint density at radius 3 is 2.77 bits per heavy atom. The van der Waals surface area contributed by atoms with Crippen LogP contribution in [0.2, 0.25) is 0 Å². The first-order chi connectivity index (χ1) is 10.6. The van der Waals surface area contributed by atoms with Gasteiger partial charge in [-0.25, -0.2) is 13.1 Å².